The molecule has 1 aromatic heterocycles. The van der Waals surface area contributed by atoms with Gasteiger partial charge in [0.2, 0.25) is 5.95 Å². The van der Waals surface area contributed by atoms with Gasteiger partial charge in [-0.2, -0.15) is 0 Å². The van der Waals surface area contributed by atoms with E-state index in [1.807, 2.05) is 0 Å². The second-order valence-corrected chi connectivity index (χ2v) is 3.61. The predicted molar refractivity (Wildman–Crippen MR) is 55.6 cm³/mol. The maximum absolute atomic E-state index is 12.6. The van der Waals surface area contributed by atoms with Crippen LogP contribution in [0.2, 0.25) is 0 Å². The van der Waals surface area contributed by atoms with E-state index in [0.717, 1.165) is 18.8 Å². The molecule has 0 spiro atoms. The molecule has 2 rings (SSSR count). The van der Waals surface area contributed by atoms with E-state index < -0.39 is 5.82 Å². The number of hydrogen-bond donors (Lipinski definition) is 1. The molecule has 0 unspecified atom stereocenters. The SMILES string of the molecule is CO[C@@H]1COCC[C@H]1Nc1ncc(F)cn1. The van der Waals surface area contributed by atoms with Crippen LogP contribution in [0.3, 0.4) is 0 Å². The molecule has 2 heterocycles. The third kappa shape index (κ3) is 2.65. The quantitative estimate of drug-likeness (QED) is 0.829. The van der Waals surface area contributed by atoms with Crippen molar-refractivity contribution in [1.29, 1.82) is 0 Å². The molecule has 1 aliphatic rings. The minimum atomic E-state index is -0.444. The first kappa shape index (κ1) is 11.2. The maximum Gasteiger partial charge on any atom is 0.223 e. The molecule has 0 saturated carbocycles. The van der Waals surface area contributed by atoms with E-state index in [1.165, 1.54) is 0 Å². The third-order valence-electron chi connectivity index (χ3n) is 2.54. The Morgan fingerprint density at radius 2 is 2.25 bits per heavy atom. The second kappa shape index (κ2) is 5.18. The van der Waals surface area contributed by atoms with Gasteiger partial charge in [-0.15, -0.1) is 0 Å². The van der Waals surface area contributed by atoms with Gasteiger partial charge < -0.3 is 14.8 Å². The number of aromatic nitrogens is 2. The van der Waals surface area contributed by atoms with E-state index in [0.29, 0.717) is 19.2 Å². The van der Waals surface area contributed by atoms with Crippen LogP contribution in [-0.2, 0) is 9.47 Å². The summed E-state index contributed by atoms with van der Waals surface area (Å²) in [5.74, 6) is -0.0313. The van der Waals surface area contributed by atoms with Crippen molar-refractivity contribution >= 4 is 5.95 Å². The van der Waals surface area contributed by atoms with Crippen molar-refractivity contribution in [3.05, 3.63) is 18.2 Å². The van der Waals surface area contributed by atoms with Crippen LogP contribution in [-0.4, -0.2) is 42.4 Å². The van der Waals surface area contributed by atoms with Crippen LogP contribution in [0.1, 0.15) is 6.42 Å². The van der Waals surface area contributed by atoms with E-state index in [4.69, 9.17) is 9.47 Å². The van der Waals surface area contributed by atoms with Crippen molar-refractivity contribution in [2.75, 3.05) is 25.6 Å². The Kier molecular flexibility index (Phi) is 3.63. The van der Waals surface area contributed by atoms with Crippen LogP contribution in [0.15, 0.2) is 12.4 Å². The smallest absolute Gasteiger partial charge is 0.223 e. The van der Waals surface area contributed by atoms with Gasteiger partial charge in [0.1, 0.15) is 6.10 Å². The van der Waals surface area contributed by atoms with Crippen LogP contribution < -0.4 is 5.32 Å². The van der Waals surface area contributed by atoms with Crippen LogP contribution in [0.25, 0.3) is 0 Å². The van der Waals surface area contributed by atoms with E-state index in [-0.39, 0.29) is 12.1 Å². The van der Waals surface area contributed by atoms with E-state index in [1.54, 1.807) is 7.11 Å². The lowest BCUT2D eigenvalue weighted by Gasteiger charge is -2.30. The highest BCUT2D eigenvalue weighted by molar-refractivity contribution is 5.25. The predicted octanol–water partition coefficient (Wildman–Crippen LogP) is 0.831. The largest absolute Gasteiger partial charge is 0.379 e. The highest BCUT2D eigenvalue weighted by Gasteiger charge is 2.25. The minimum Gasteiger partial charge on any atom is -0.379 e. The molecule has 2 atom stereocenters. The summed E-state index contributed by atoms with van der Waals surface area (Å²) in [4.78, 5) is 7.70. The zero-order chi connectivity index (χ0) is 11.4. The number of methoxy groups -OCH3 is 1. The number of halogens is 1. The topological polar surface area (TPSA) is 56.3 Å². The molecule has 88 valence electrons. The van der Waals surface area contributed by atoms with Crippen LogP contribution in [0.5, 0.6) is 0 Å². The summed E-state index contributed by atoms with van der Waals surface area (Å²) in [6.45, 7) is 1.23. The standard InChI is InChI=1S/C10H14FN3O2/c1-15-9-6-16-3-2-8(9)14-10-12-4-7(11)5-13-10/h4-5,8-9H,2-3,6H2,1H3,(H,12,13,14)/t8-,9-/m1/s1. The van der Waals surface area contributed by atoms with Crippen molar-refractivity contribution in [3.63, 3.8) is 0 Å². The molecule has 0 aromatic carbocycles. The number of nitrogens with zero attached hydrogens (tertiary/aromatic N) is 2. The summed E-state index contributed by atoms with van der Waals surface area (Å²) < 4.78 is 23.2. The molecule has 1 saturated heterocycles. The van der Waals surface area contributed by atoms with Gasteiger partial charge in [-0.05, 0) is 6.42 Å². The first-order chi connectivity index (χ1) is 7.79. The Balaban J connectivity index is 1.99. The number of anilines is 1. The van der Waals surface area contributed by atoms with Crippen LogP contribution in [0, 0.1) is 5.82 Å². The first-order valence-electron chi connectivity index (χ1n) is 5.14. The molecule has 1 aromatic rings. The highest BCUT2D eigenvalue weighted by Crippen LogP contribution is 2.14. The average Bonchev–Trinajstić information content (AvgIpc) is 2.33. The fraction of sp³-hybridized carbons (Fsp3) is 0.600. The molecule has 0 bridgehead atoms. The molecule has 0 amide bonds. The van der Waals surface area contributed by atoms with Crippen molar-refractivity contribution < 1.29 is 13.9 Å². The minimum absolute atomic E-state index is 0.0256. The van der Waals surface area contributed by atoms with Gasteiger partial charge in [0.15, 0.2) is 5.82 Å². The number of nitrogens with one attached hydrogen (secondary N) is 1. The van der Waals surface area contributed by atoms with Gasteiger partial charge in [-0.25, -0.2) is 14.4 Å². The summed E-state index contributed by atoms with van der Waals surface area (Å²) in [6, 6.07) is 0.101. The van der Waals surface area contributed by atoms with Gasteiger partial charge in [0.05, 0.1) is 25.0 Å². The number of hydrogen-bond acceptors (Lipinski definition) is 5. The normalized spacial score (nSPS) is 25.4. The molecule has 0 radical (unpaired) electrons. The zero-order valence-corrected chi connectivity index (χ0v) is 9.02. The summed E-state index contributed by atoms with van der Waals surface area (Å²) in [7, 11) is 1.64. The van der Waals surface area contributed by atoms with Crippen molar-refractivity contribution in [1.82, 2.24) is 9.97 Å². The lowest BCUT2D eigenvalue weighted by Crippen LogP contribution is -2.43. The van der Waals surface area contributed by atoms with Gasteiger partial charge in [0.25, 0.3) is 0 Å². The molecule has 1 aliphatic heterocycles. The summed E-state index contributed by atoms with van der Waals surface area (Å²) in [5.41, 5.74) is 0. The zero-order valence-electron chi connectivity index (χ0n) is 9.02. The van der Waals surface area contributed by atoms with Gasteiger partial charge >= 0.3 is 0 Å². The summed E-state index contributed by atoms with van der Waals surface area (Å²) in [6.07, 6.45) is 3.06. The van der Waals surface area contributed by atoms with Gasteiger partial charge in [-0.3, -0.25) is 0 Å². The van der Waals surface area contributed by atoms with E-state index >= 15 is 0 Å². The van der Waals surface area contributed by atoms with Gasteiger partial charge in [-0.1, -0.05) is 0 Å². The van der Waals surface area contributed by atoms with Crippen molar-refractivity contribution in [2.45, 2.75) is 18.6 Å². The Bertz CT molecular complexity index is 333. The fourth-order valence-electron chi connectivity index (χ4n) is 1.66. The Labute approximate surface area is 93.0 Å². The number of rotatable bonds is 3. The van der Waals surface area contributed by atoms with E-state index in [9.17, 15) is 4.39 Å². The lowest BCUT2D eigenvalue weighted by molar-refractivity contribution is -0.0367. The molecule has 1 fully saturated rings. The molecule has 16 heavy (non-hydrogen) atoms. The second-order valence-electron chi connectivity index (χ2n) is 3.61. The Morgan fingerprint density at radius 3 is 2.94 bits per heavy atom. The van der Waals surface area contributed by atoms with Crippen LogP contribution >= 0.6 is 0 Å². The van der Waals surface area contributed by atoms with Gasteiger partial charge in [0, 0.05) is 13.7 Å². The summed E-state index contributed by atoms with van der Waals surface area (Å²) >= 11 is 0. The maximum atomic E-state index is 12.6. The molecule has 1 N–H and O–H groups in total. The average molecular weight is 227 g/mol. The summed E-state index contributed by atoms with van der Waals surface area (Å²) in [5, 5.41) is 3.12. The molecule has 6 heteroatoms. The highest BCUT2D eigenvalue weighted by atomic mass is 19.1. The van der Waals surface area contributed by atoms with E-state index in [2.05, 4.69) is 15.3 Å². The molecular weight excluding hydrogens is 213 g/mol. The lowest BCUT2D eigenvalue weighted by atomic mass is 10.1. The van der Waals surface area contributed by atoms with Crippen LogP contribution in [0.4, 0.5) is 10.3 Å². The monoisotopic (exact) mass is 227 g/mol. The molecule has 5 nitrogen and oxygen atoms in total. The fourth-order valence-corrected chi connectivity index (χ4v) is 1.66. The Morgan fingerprint density at radius 1 is 1.50 bits per heavy atom. The third-order valence-corrected chi connectivity index (χ3v) is 2.54. The number of ether oxygens (including phenoxy) is 2. The van der Waals surface area contributed by atoms with Crippen molar-refractivity contribution in [2.24, 2.45) is 0 Å². The molecule has 0 aliphatic carbocycles. The first-order valence-corrected chi connectivity index (χ1v) is 5.14. The molecular formula is C10H14FN3O2. The Hall–Kier alpha value is -1.27. The van der Waals surface area contributed by atoms with Crippen molar-refractivity contribution in [3.8, 4) is 0 Å².